The molecule has 0 bridgehead atoms. The number of anilines is 1. The molecule has 43 heavy (non-hydrogen) atoms. The number of nitrogens with zero attached hydrogens (tertiary/aromatic N) is 3. The third kappa shape index (κ3) is 7.71. The zero-order chi connectivity index (χ0) is 31.3. The number of esters is 2. The van der Waals surface area contributed by atoms with Crippen LogP contribution in [0.15, 0.2) is 23.2 Å². The third-order valence-electron chi connectivity index (χ3n) is 6.46. The Labute approximate surface area is 253 Å². The predicted octanol–water partition coefficient (Wildman–Crippen LogP) is 2.77. The number of sulfone groups is 1. The molecule has 14 nitrogen and oxygen atoms in total. The number of thiophene rings is 1. The second kappa shape index (κ2) is 13.6. The number of ether oxygens (including phenoxy) is 2. The summed E-state index contributed by atoms with van der Waals surface area (Å²) in [7, 11) is -3.16. The van der Waals surface area contributed by atoms with Crippen LogP contribution in [0.2, 0.25) is 0 Å². The average Bonchev–Trinajstić information content (AvgIpc) is 3.33. The van der Waals surface area contributed by atoms with E-state index in [2.05, 4.69) is 15.0 Å². The number of aromatic nitrogens is 1. The van der Waals surface area contributed by atoms with E-state index in [1.54, 1.807) is 6.92 Å². The quantitative estimate of drug-likeness (QED) is 0.147. The van der Waals surface area contributed by atoms with Crippen molar-refractivity contribution in [1.82, 2.24) is 4.57 Å². The summed E-state index contributed by atoms with van der Waals surface area (Å²) in [4.78, 5) is 65.5. The Kier molecular flexibility index (Phi) is 10.1. The number of benzene rings is 1. The SMILES string of the molecule is CCOC(=O)c1c(NC(=O)CS(=O)(=O)CC(=O)N=c2sc3cc([N+](=O)[O-])ccc3n2CC(=O)OC)sc2c1CCCCC2. The summed E-state index contributed by atoms with van der Waals surface area (Å²) in [6, 6.07) is 3.84. The van der Waals surface area contributed by atoms with Crippen LogP contribution in [0.1, 0.15) is 47.0 Å². The van der Waals surface area contributed by atoms with E-state index in [0.29, 0.717) is 16.6 Å². The van der Waals surface area contributed by atoms with Crippen molar-refractivity contribution in [2.75, 3.05) is 30.5 Å². The minimum absolute atomic E-state index is 0.0790. The number of nitro benzene ring substituents is 1. The standard InChI is InChI=1S/C26H28N4O10S3/c1-3-40-25(34)23-16-7-5-4-6-8-18(16)41-24(23)27-20(31)13-43(37,38)14-21(32)28-26-29(12-22(33)39-2)17-10-9-15(30(35)36)11-19(17)42-26/h9-11H,3-8,12-14H2,1-2H3,(H,27,31). The summed E-state index contributed by atoms with van der Waals surface area (Å²) in [6.07, 6.45) is 4.19. The van der Waals surface area contributed by atoms with Crippen LogP contribution < -0.4 is 10.1 Å². The molecule has 0 saturated carbocycles. The van der Waals surface area contributed by atoms with Gasteiger partial charge in [0, 0.05) is 17.0 Å². The number of amides is 2. The van der Waals surface area contributed by atoms with Crippen LogP contribution >= 0.6 is 22.7 Å². The fourth-order valence-corrected chi connectivity index (χ4v) is 7.99. The molecule has 1 aliphatic carbocycles. The van der Waals surface area contributed by atoms with Gasteiger partial charge in [-0.15, -0.1) is 11.3 Å². The van der Waals surface area contributed by atoms with Gasteiger partial charge in [-0.25, -0.2) is 13.2 Å². The number of thiazole rings is 1. The molecule has 3 aromatic rings. The topological polar surface area (TPSA) is 193 Å². The highest BCUT2D eigenvalue weighted by molar-refractivity contribution is 7.92. The molecule has 2 aromatic heterocycles. The van der Waals surface area contributed by atoms with Gasteiger partial charge < -0.3 is 19.4 Å². The maximum Gasteiger partial charge on any atom is 0.341 e. The lowest BCUT2D eigenvalue weighted by molar-refractivity contribution is -0.384. The Morgan fingerprint density at radius 1 is 1.12 bits per heavy atom. The summed E-state index contributed by atoms with van der Waals surface area (Å²) in [5, 5.41) is 13.9. The molecule has 0 spiro atoms. The highest BCUT2D eigenvalue weighted by Gasteiger charge is 2.28. The number of rotatable bonds is 10. The van der Waals surface area contributed by atoms with E-state index in [1.807, 2.05) is 0 Å². The molecule has 230 valence electrons. The molecular formula is C26H28N4O10S3. The molecule has 0 radical (unpaired) electrons. The molecule has 1 aliphatic rings. The summed E-state index contributed by atoms with van der Waals surface area (Å²) in [5.41, 5.74) is 1.17. The van der Waals surface area contributed by atoms with Crippen molar-refractivity contribution in [2.45, 2.75) is 45.6 Å². The first-order valence-corrected chi connectivity index (χ1v) is 16.6. The Morgan fingerprint density at radius 2 is 1.86 bits per heavy atom. The molecule has 2 heterocycles. The molecule has 0 aliphatic heterocycles. The Bertz CT molecular complexity index is 1790. The first-order chi connectivity index (χ1) is 20.4. The van der Waals surface area contributed by atoms with Gasteiger partial charge in [0.2, 0.25) is 5.91 Å². The monoisotopic (exact) mass is 652 g/mol. The van der Waals surface area contributed by atoms with Crippen LogP contribution in [0.3, 0.4) is 0 Å². The van der Waals surface area contributed by atoms with Crippen molar-refractivity contribution in [1.29, 1.82) is 0 Å². The summed E-state index contributed by atoms with van der Waals surface area (Å²) in [6.45, 7) is 1.41. The van der Waals surface area contributed by atoms with Crippen LogP contribution in [0.5, 0.6) is 0 Å². The number of nitro groups is 1. The summed E-state index contributed by atoms with van der Waals surface area (Å²) in [5.74, 6) is -5.47. The number of carbonyl (C=O) groups excluding carboxylic acids is 4. The van der Waals surface area contributed by atoms with Crippen molar-refractivity contribution < 1.29 is 42.0 Å². The number of non-ortho nitro benzene ring substituents is 1. The Hall–Kier alpha value is -3.96. The van der Waals surface area contributed by atoms with E-state index in [1.165, 1.54) is 34.1 Å². The predicted molar refractivity (Wildman–Crippen MR) is 158 cm³/mol. The van der Waals surface area contributed by atoms with E-state index < -0.39 is 50.0 Å². The van der Waals surface area contributed by atoms with Crippen molar-refractivity contribution in [3.63, 3.8) is 0 Å². The highest BCUT2D eigenvalue weighted by atomic mass is 32.2. The molecule has 0 saturated heterocycles. The van der Waals surface area contributed by atoms with E-state index >= 15 is 0 Å². The Morgan fingerprint density at radius 3 is 2.56 bits per heavy atom. The van der Waals surface area contributed by atoms with E-state index in [-0.39, 0.29) is 34.2 Å². The molecule has 0 atom stereocenters. The number of fused-ring (bicyclic) bond motifs is 2. The molecule has 1 N–H and O–H groups in total. The van der Waals surface area contributed by atoms with Gasteiger partial charge in [-0.1, -0.05) is 17.8 Å². The van der Waals surface area contributed by atoms with Crippen molar-refractivity contribution in [3.05, 3.63) is 49.1 Å². The number of nitrogens with one attached hydrogen (secondary N) is 1. The maximum absolute atomic E-state index is 12.8. The zero-order valence-electron chi connectivity index (χ0n) is 23.2. The molecular weight excluding hydrogens is 625 g/mol. The lowest BCUT2D eigenvalue weighted by atomic mass is 10.1. The molecule has 2 amide bonds. The number of carbonyl (C=O) groups is 4. The first kappa shape index (κ1) is 32.0. The van der Waals surface area contributed by atoms with Crippen molar-refractivity contribution in [2.24, 2.45) is 4.99 Å². The fourth-order valence-electron chi connectivity index (χ4n) is 4.60. The van der Waals surface area contributed by atoms with Gasteiger partial charge in [0.1, 0.15) is 23.1 Å². The summed E-state index contributed by atoms with van der Waals surface area (Å²) >= 11 is 2.07. The molecule has 0 unspecified atom stereocenters. The fraction of sp³-hybridized carbons (Fsp3) is 0.423. The van der Waals surface area contributed by atoms with Crippen LogP contribution in [-0.4, -0.2) is 66.9 Å². The molecule has 17 heteroatoms. The van der Waals surface area contributed by atoms with Crippen LogP contribution in [0.25, 0.3) is 10.2 Å². The lowest BCUT2D eigenvalue weighted by Crippen LogP contribution is -2.29. The van der Waals surface area contributed by atoms with Gasteiger partial charge in [-0.3, -0.25) is 24.5 Å². The molecule has 0 fully saturated rings. The molecule has 4 rings (SSSR count). The van der Waals surface area contributed by atoms with Gasteiger partial charge >= 0.3 is 11.9 Å². The number of methoxy groups -OCH3 is 1. The Balaban J connectivity index is 1.55. The van der Waals surface area contributed by atoms with Crippen LogP contribution in [-0.2, 0) is 53.1 Å². The second-order valence-electron chi connectivity index (χ2n) is 9.53. The van der Waals surface area contributed by atoms with Gasteiger partial charge in [-0.2, -0.15) is 4.99 Å². The zero-order valence-corrected chi connectivity index (χ0v) is 25.7. The smallest absolute Gasteiger partial charge is 0.341 e. The normalized spacial score (nSPS) is 13.7. The van der Waals surface area contributed by atoms with E-state index in [0.717, 1.165) is 54.6 Å². The number of aryl methyl sites for hydroxylation is 1. The minimum Gasteiger partial charge on any atom is -0.468 e. The largest absolute Gasteiger partial charge is 0.468 e. The van der Waals surface area contributed by atoms with Crippen molar-refractivity contribution in [3.8, 4) is 0 Å². The first-order valence-electron chi connectivity index (χ1n) is 13.2. The van der Waals surface area contributed by atoms with E-state index in [9.17, 15) is 37.7 Å². The molecule has 1 aromatic carbocycles. The van der Waals surface area contributed by atoms with Gasteiger partial charge in [-0.05, 0) is 44.2 Å². The maximum atomic E-state index is 12.8. The minimum atomic E-state index is -4.31. The highest BCUT2D eigenvalue weighted by Crippen LogP contribution is 2.38. The second-order valence-corrected chi connectivity index (χ2v) is 13.7. The van der Waals surface area contributed by atoms with Gasteiger partial charge in [0.05, 0.1) is 34.4 Å². The van der Waals surface area contributed by atoms with Crippen molar-refractivity contribution >= 4 is 77.2 Å². The van der Waals surface area contributed by atoms with Gasteiger partial charge in [0.15, 0.2) is 14.6 Å². The van der Waals surface area contributed by atoms with Crippen LogP contribution in [0, 0.1) is 10.1 Å². The van der Waals surface area contributed by atoms with Gasteiger partial charge in [0.25, 0.3) is 11.6 Å². The average molecular weight is 653 g/mol. The van der Waals surface area contributed by atoms with E-state index in [4.69, 9.17) is 4.74 Å². The third-order valence-corrected chi connectivity index (χ3v) is 10.1. The number of hydrogen-bond donors (Lipinski definition) is 1. The summed E-state index contributed by atoms with van der Waals surface area (Å²) < 4.78 is 37.1. The van der Waals surface area contributed by atoms with Crippen LogP contribution in [0.4, 0.5) is 10.7 Å². The lowest BCUT2D eigenvalue weighted by Gasteiger charge is -2.08. The number of hydrogen-bond acceptors (Lipinski definition) is 12.